The molecule has 0 aliphatic rings. The van der Waals surface area contributed by atoms with E-state index in [-0.39, 0.29) is 5.41 Å². The number of likely N-dealkylation sites (N-methyl/N-ethyl adjacent to an activating group) is 1. The molecule has 0 aromatic heterocycles. The highest BCUT2D eigenvalue weighted by molar-refractivity contribution is 5.41. The zero-order valence-corrected chi connectivity index (χ0v) is 14.4. The van der Waals surface area contributed by atoms with Gasteiger partial charge < -0.3 is 5.32 Å². The van der Waals surface area contributed by atoms with E-state index in [0.29, 0.717) is 6.04 Å². The normalized spacial score (nSPS) is 13.3. The SMILES string of the molecule is C=C(C)C(Cc1c(C)cc(C(C)(C)C)cc1C)NCC. The molecule has 0 saturated carbocycles. The number of rotatable bonds is 5. The summed E-state index contributed by atoms with van der Waals surface area (Å²) in [7, 11) is 0. The van der Waals surface area contributed by atoms with Gasteiger partial charge in [-0.25, -0.2) is 0 Å². The monoisotopic (exact) mass is 273 g/mol. The molecule has 0 heterocycles. The van der Waals surface area contributed by atoms with Crippen molar-refractivity contribution in [2.24, 2.45) is 0 Å². The van der Waals surface area contributed by atoms with Crippen LogP contribution >= 0.6 is 0 Å². The summed E-state index contributed by atoms with van der Waals surface area (Å²) in [4.78, 5) is 0. The third-order valence-corrected chi connectivity index (χ3v) is 4.02. The van der Waals surface area contributed by atoms with Gasteiger partial charge in [-0.05, 0) is 61.4 Å². The van der Waals surface area contributed by atoms with Gasteiger partial charge in [-0.2, -0.15) is 0 Å². The van der Waals surface area contributed by atoms with E-state index in [1.54, 1.807) is 0 Å². The Labute approximate surface area is 125 Å². The molecule has 0 bridgehead atoms. The number of aryl methyl sites for hydroxylation is 2. The standard InChI is InChI=1S/C19H31N/c1-9-20-18(13(2)3)12-17-14(4)10-16(11-15(17)5)19(6,7)8/h10-11,18,20H,2,9,12H2,1,3-8H3. The molecule has 0 amide bonds. The van der Waals surface area contributed by atoms with Crippen LogP contribution in [0, 0.1) is 13.8 Å². The minimum atomic E-state index is 0.212. The number of benzene rings is 1. The number of hydrogen-bond donors (Lipinski definition) is 1. The molecule has 1 aromatic rings. The van der Waals surface area contributed by atoms with Crippen molar-refractivity contribution in [1.29, 1.82) is 0 Å². The Morgan fingerprint density at radius 3 is 2.05 bits per heavy atom. The van der Waals surface area contributed by atoms with Gasteiger partial charge in [0.15, 0.2) is 0 Å². The van der Waals surface area contributed by atoms with E-state index in [4.69, 9.17) is 0 Å². The minimum absolute atomic E-state index is 0.212. The van der Waals surface area contributed by atoms with Gasteiger partial charge in [-0.15, -0.1) is 0 Å². The molecule has 1 atom stereocenters. The lowest BCUT2D eigenvalue weighted by molar-refractivity contribution is 0.578. The van der Waals surface area contributed by atoms with Gasteiger partial charge in [0.05, 0.1) is 0 Å². The van der Waals surface area contributed by atoms with Gasteiger partial charge in [0.2, 0.25) is 0 Å². The molecule has 1 rings (SSSR count). The second-order valence-electron chi connectivity index (χ2n) is 7.00. The first-order chi connectivity index (χ1) is 9.16. The van der Waals surface area contributed by atoms with Crippen LogP contribution in [0.5, 0.6) is 0 Å². The lowest BCUT2D eigenvalue weighted by Crippen LogP contribution is -2.32. The first-order valence-electron chi connectivity index (χ1n) is 7.66. The Morgan fingerprint density at radius 2 is 1.70 bits per heavy atom. The van der Waals surface area contributed by atoms with Crippen molar-refractivity contribution in [3.05, 3.63) is 46.5 Å². The number of hydrogen-bond acceptors (Lipinski definition) is 1. The highest BCUT2D eigenvalue weighted by atomic mass is 14.9. The molecule has 1 nitrogen and oxygen atoms in total. The number of nitrogens with one attached hydrogen (secondary N) is 1. The molecular formula is C19H31N. The molecule has 1 N–H and O–H groups in total. The van der Waals surface area contributed by atoms with Crippen LogP contribution in [-0.4, -0.2) is 12.6 Å². The summed E-state index contributed by atoms with van der Waals surface area (Å²) < 4.78 is 0. The van der Waals surface area contributed by atoms with Crippen LogP contribution in [0.15, 0.2) is 24.3 Å². The first-order valence-corrected chi connectivity index (χ1v) is 7.66. The quantitative estimate of drug-likeness (QED) is 0.767. The van der Waals surface area contributed by atoms with E-state index in [1.807, 2.05) is 0 Å². The summed E-state index contributed by atoms with van der Waals surface area (Å²) in [5, 5.41) is 3.53. The van der Waals surface area contributed by atoms with Gasteiger partial charge in [0, 0.05) is 6.04 Å². The fourth-order valence-corrected chi connectivity index (χ4v) is 2.62. The third kappa shape index (κ3) is 4.21. The van der Waals surface area contributed by atoms with E-state index in [0.717, 1.165) is 13.0 Å². The Bertz CT molecular complexity index is 454. The maximum Gasteiger partial charge on any atom is 0.0314 e. The van der Waals surface area contributed by atoms with E-state index in [1.165, 1.54) is 27.8 Å². The molecule has 112 valence electrons. The molecule has 20 heavy (non-hydrogen) atoms. The van der Waals surface area contributed by atoms with Crippen molar-refractivity contribution in [3.8, 4) is 0 Å². The molecule has 0 fully saturated rings. The highest BCUT2D eigenvalue weighted by Crippen LogP contribution is 2.27. The van der Waals surface area contributed by atoms with Crippen molar-refractivity contribution in [2.45, 2.75) is 66.3 Å². The van der Waals surface area contributed by atoms with E-state index < -0.39 is 0 Å². The second kappa shape index (κ2) is 6.58. The predicted molar refractivity (Wildman–Crippen MR) is 90.6 cm³/mol. The van der Waals surface area contributed by atoms with E-state index >= 15 is 0 Å². The summed E-state index contributed by atoms with van der Waals surface area (Å²) in [5.41, 5.74) is 7.12. The maximum atomic E-state index is 4.12. The topological polar surface area (TPSA) is 12.0 Å². The lowest BCUT2D eigenvalue weighted by atomic mass is 9.82. The molecule has 0 aliphatic heterocycles. The Balaban J connectivity index is 3.11. The summed E-state index contributed by atoms with van der Waals surface area (Å²) in [6, 6.07) is 5.07. The van der Waals surface area contributed by atoms with Crippen LogP contribution in [0.25, 0.3) is 0 Å². The van der Waals surface area contributed by atoms with Crippen molar-refractivity contribution in [3.63, 3.8) is 0 Å². The molecule has 1 heteroatoms. The van der Waals surface area contributed by atoms with E-state index in [9.17, 15) is 0 Å². The molecular weight excluding hydrogens is 242 g/mol. The molecule has 0 spiro atoms. The average Bonchev–Trinajstić information content (AvgIpc) is 2.30. The Morgan fingerprint density at radius 1 is 1.20 bits per heavy atom. The predicted octanol–water partition coefficient (Wildman–Crippen LogP) is 4.70. The highest BCUT2D eigenvalue weighted by Gasteiger charge is 2.18. The molecule has 0 aliphatic carbocycles. The van der Waals surface area contributed by atoms with Crippen LogP contribution in [0.4, 0.5) is 0 Å². The summed E-state index contributed by atoms with van der Waals surface area (Å²) in [6.07, 6.45) is 1.03. The molecule has 1 unspecified atom stereocenters. The summed E-state index contributed by atoms with van der Waals surface area (Å²) in [6.45, 7) is 20.7. The summed E-state index contributed by atoms with van der Waals surface area (Å²) in [5.74, 6) is 0. The van der Waals surface area contributed by atoms with Gasteiger partial charge in [-0.3, -0.25) is 0 Å². The Kier molecular flexibility index (Phi) is 5.59. The van der Waals surface area contributed by atoms with E-state index in [2.05, 4.69) is 72.5 Å². The summed E-state index contributed by atoms with van der Waals surface area (Å²) >= 11 is 0. The van der Waals surface area contributed by atoms with Crippen LogP contribution < -0.4 is 5.32 Å². The third-order valence-electron chi connectivity index (χ3n) is 4.02. The van der Waals surface area contributed by atoms with Crippen LogP contribution in [-0.2, 0) is 11.8 Å². The molecule has 1 aromatic carbocycles. The van der Waals surface area contributed by atoms with Crippen LogP contribution in [0.2, 0.25) is 0 Å². The van der Waals surface area contributed by atoms with Crippen molar-refractivity contribution in [2.75, 3.05) is 6.54 Å². The molecule has 0 radical (unpaired) electrons. The van der Waals surface area contributed by atoms with Gasteiger partial charge in [0.1, 0.15) is 0 Å². The van der Waals surface area contributed by atoms with Gasteiger partial charge >= 0.3 is 0 Å². The van der Waals surface area contributed by atoms with Crippen molar-refractivity contribution < 1.29 is 0 Å². The van der Waals surface area contributed by atoms with Crippen molar-refractivity contribution >= 4 is 0 Å². The zero-order chi connectivity index (χ0) is 15.5. The van der Waals surface area contributed by atoms with Crippen molar-refractivity contribution in [1.82, 2.24) is 5.32 Å². The fourth-order valence-electron chi connectivity index (χ4n) is 2.62. The smallest absolute Gasteiger partial charge is 0.0314 e. The average molecular weight is 273 g/mol. The van der Waals surface area contributed by atoms with Gasteiger partial charge in [0.25, 0.3) is 0 Å². The van der Waals surface area contributed by atoms with Gasteiger partial charge in [-0.1, -0.05) is 52.0 Å². The van der Waals surface area contributed by atoms with Crippen LogP contribution in [0.3, 0.4) is 0 Å². The fraction of sp³-hybridized carbons (Fsp3) is 0.579. The largest absolute Gasteiger partial charge is 0.310 e. The minimum Gasteiger partial charge on any atom is -0.310 e. The van der Waals surface area contributed by atoms with Crippen LogP contribution in [0.1, 0.15) is 56.9 Å². The molecule has 0 saturated heterocycles. The second-order valence-corrected chi connectivity index (χ2v) is 7.00. The lowest BCUT2D eigenvalue weighted by Gasteiger charge is -2.25. The maximum absolute atomic E-state index is 4.12. The first kappa shape index (κ1) is 17.0. The Hall–Kier alpha value is -1.08. The zero-order valence-electron chi connectivity index (χ0n) is 14.4.